The second kappa shape index (κ2) is 47.3. The van der Waals surface area contributed by atoms with Crippen LogP contribution >= 0.6 is 50.5 Å². The van der Waals surface area contributed by atoms with Crippen LogP contribution in [0.4, 0.5) is 0 Å². The highest BCUT2D eigenvalue weighted by atomic mass is 32.1. The molecule has 4 rings (SSSR count). The molecule has 0 saturated carbocycles. The first-order chi connectivity index (χ1) is 53.0. The summed E-state index contributed by atoms with van der Waals surface area (Å²) in [6.45, 7) is 2.14. The molecule has 3 saturated heterocycles. The molecule has 3 aliphatic heterocycles. The Kier molecular flexibility index (Phi) is 40.2. The molecule has 3 heterocycles. The van der Waals surface area contributed by atoms with Crippen molar-refractivity contribution in [3.05, 3.63) is 29.8 Å². The highest BCUT2D eigenvalue weighted by Gasteiger charge is 2.46. The van der Waals surface area contributed by atoms with E-state index in [0.717, 1.165) is 4.90 Å². The molecule has 41 nitrogen and oxygen atoms in total. The van der Waals surface area contributed by atoms with Gasteiger partial charge in [-0.25, -0.2) is 4.79 Å². The Balaban J connectivity index is 1.41. The predicted molar refractivity (Wildman–Crippen MR) is 410 cm³/mol. The van der Waals surface area contributed by atoms with Gasteiger partial charge in [0.25, 0.3) is 0 Å². The number of unbranched alkanes of at least 4 members (excludes halogenated alkanes) is 1. The number of aliphatic hydroxyl groups is 2. The van der Waals surface area contributed by atoms with E-state index in [0.29, 0.717) is 31.2 Å². The van der Waals surface area contributed by atoms with Gasteiger partial charge < -0.3 is 121 Å². The molecular weight excluding hydrogens is 1550 g/mol. The highest BCUT2D eigenvalue weighted by Crippen LogP contribution is 2.27. The van der Waals surface area contributed by atoms with Crippen LogP contribution < -0.4 is 81.0 Å². The third-order valence-electron chi connectivity index (χ3n) is 18.3. The summed E-state index contributed by atoms with van der Waals surface area (Å²) in [7, 11) is 0. The van der Waals surface area contributed by atoms with Crippen molar-refractivity contribution in [1.82, 2.24) is 78.5 Å². The Bertz CT molecular complexity index is 3540. The predicted octanol–water partition coefficient (Wildman–Crippen LogP) is -8.98. The number of carboxylic acids is 2. The number of phenols is 1. The SMILES string of the molecule is CC(C)C[C@H](NC(=O)[C@H](C)NC(=O)[C@H](CS)NC(=O)[C@@H]1CCCN1C(=O)[C@@H]1CCCN1C(=O)[C@H](CCCCN)NC(=O)[C@H](CO)NC(=O)[C@H](CS)NC(=O)[C@H](CS)NC(=O)CN)C(=O)N[C@@H](CO)C(=O)N[C@@H](CC(N)=O)C(=O)N1CCC[C@H]1C(=O)N[C@@H](CC(=O)O)C(=O)N[C@@H](Cc1ccc(O)cc1)C(=O)N[C@@H](CS)C(=O)O. The third-order valence-corrected chi connectivity index (χ3v) is 19.7. The standard InChI is InChI=1S/C67H104N18O23S4/c1-32(2)21-37(54(94)78-42(27-87)58(98)77-40(23-50(70)89)65(105)83-18-6-10-47(83)62(102)76-39(24-52(91)92)56(96)75-38(22-34-13-15-35(88)16-14-34)55(95)82-46(31-112)67(107)108)74-53(93)33(3)71-59(99)44(29-110)81-63(103)48-11-7-19-84(48)66(106)49-12-8-20-85(49)64(104)36(9-4-5-17-68)73-57(97)41(26-86)79-61(101)45(30-111)80-60(100)43(28-109)72-51(90)25-69/h13-16,32-33,36-49,86-88,109-112H,4-12,17-31,68-69H2,1-3H3,(H2,70,89)(H,71,99)(H,72,90)(H,73,97)(H,74,93)(H,75,96)(H,76,102)(H,77,98)(H,78,94)(H,79,101)(H,80,100)(H,81,103)(H,82,95)(H,91,92)(H,107,108)/t33-,36-,37-,38-,39-,40-,41-,42-,43-,44-,45-,46-,47-,48-,49-/m0/s1. The minimum Gasteiger partial charge on any atom is -0.508 e. The summed E-state index contributed by atoms with van der Waals surface area (Å²) >= 11 is 16.4. The number of benzene rings is 1. The van der Waals surface area contributed by atoms with Crippen LogP contribution in [-0.2, 0) is 92.7 Å². The number of amides is 16. The lowest BCUT2D eigenvalue weighted by Gasteiger charge is -2.33. The fourth-order valence-corrected chi connectivity index (χ4v) is 13.3. The van der Waals surface area contributed by atoms with Gasteiger partial charge in [-0.1, -0.05) is 26.0 Å². The maximum atomic E-state index is 14.5. The van der Waals surface area contributed by atoms with Crippen LogP contribution in [-0.4, -0.2) is 306 Å². The Morgan fingerprint density at radius 1 is 0.455 bits per heavy atom. The van der Waals surface area contributed by atoms with E-state index in [1.54, 1.807) is 13.8 Å². The molecule has 0 unspecified atom stereocenters. The minimum atomic E-state index is -1.95. The van der Waals surface area contributed by atoms with E-state index >= 15 is 0 Å². The van der Waals surface area contributed by atoms with Crippen LogP contribution in [0.25, 0.3) is 0 Å². The van der Waals surface area contributed by atoms with Gasteiger partial charge in [0.05, 0.1) is 32.6 Å². The third kappa shape index (κ3) is 29.0. The first kappa shape index (κ1) is 95.1. The number of primary amides is 1. The van der Waals surface area contributed by atoms with E-state index in [9.17, 15) is 112 Å². The second-order valence-electron chi connectivity index (χ2n) is 27.2. The number of carbonyl (C=O) groups is 18. The number of carboxylic acid groups (broad SMARTS) is 2. The van der Waals surface area contributed by atoms with E-state index < -0.39 is 230 Å². The number of rotatable bonds is 46. The summed E-state index contributed by atoms with van der Waals surface area (Å²) < 4.78 is 0. The number of likely N-dealkylation sites (tertiary alicyclic amines) is 3. The summed E-state index contributed by atoms with van der Waals surface area (Å²) in [6.07, 6.45) is -0.816. The molecule has 3 aliphatic rings. The highest BCUT2D eigenvalue weighted by molar-refractivity contribution is 7.80. The van der Waals surface area contributed by atoms with E-state index in [1.807, 2.05) is 0 Å². The lowest BCUT2D eigenvalue weighted by atomic mass is 10.0. The molecule has 0 radical (unpaired) electrons. The van der Waals surface area contributed by atoms with Gasteiger partial charge in [0.1, 0.15) is 96.4 Å². The lowest BCUT2D eigenvalue weighted by molar-refractivity contribution is -0.148. The van der Waals surface area contributed by atoms with Crippen molar-refractivity contribution in [3.63, 3.8) is 0 Å². The van der Waals surface area contributed by atoms with E-state index in [2.05, 4.69) is 114 Å². The van der Waals surface area contributed by atoms with Crippen LogP contribution in [0, 0.1) is 5.92 Å². The summed E-state index contributed by atoms with van der Waals surface area (Å²) in [4.78, 5) is 246. The number of hydrogen-bond donors (Lipinski definition) is 24. The number of nitrogens with two attached hydrogens (primary N) is 3. The topological polar surface area (TPSA) is 641 Å². The average molecular weight is 1660 g/mol. The molecule has 0 bridgehead atoms. The van der Waals surface area contributed by atoms with Gasteiger partial charge in [-0.2, -0.15) is 50.5 Å². The van der Waals surface area contributed by atoms with Gasteiger partial charge in [-0.05, 0) is 101 Å². The van der Waals surface area contributed by atoms with Crippen LogP contribution in [0.1, 0.15) is 103 Å². The number of aliphatic carboxylic acids is 2. The van der Waals surface area contributed by atoms with Crippen molar-refractivity contribution < 1.29 is 112 Å². The van der Waals surface area contributed by atoms with Crippen LogP contribution in [0.2, 0.25) is 0 Å². The quantitative estimate of drug-likeness (QED) is 0.0213. The van der Waals surface area contributed by atoms with Crippen molar-refractivity contribution in [2.24, 2.45) is 23.1 Å². The molecular formula is C67H104N18O23S4. The molecule has 3 fully saturated rings. The molecule has 15 atom stereocenters. The number of hydrogen-bond acceptors (Lipinski definition) is 27. The summed E-state index contributed by atoms with van der Waals surface area (Å²) in [5.74, 6) is -20.2. The van der Waals surface area contributed by atoms with Crippen molar-refractivity contribution in [2.45, 2.75) is 195 Å². The molecule has 112 heavy (non-hydrogen) atoms. The Morgan fingerprint density at radius 2 is 0.857 bits per heavy atom. The zero-order valence-electron chi connectivity index (χ0n) is 62.0. The number of thiol groups is 4. The lowest BCUT2D eigenvalue weighted by Crippen LogP contribution is -2.61. The molecule has 1 aromatic carbocycles. The molecule has 16 amide bonds. The number of nitrogens with zero attached hydrogens (tertiary/aromatic N) is 3. The van der Waals surface area contributed by atoms with Gasteiger partial charge in [-0.15, -0.1) is 0 Å². The number of nitrogens with one attached hydrogen (secondary N) is 12. The second-order valence-corrected chi connectivity index (χ2v) is 28.7. The summed E-state index contributed by atoms with van der Waals surface area (Å²) in [5.41, 5.74) is 16.9. The van der Waals surface area contributed by atoms with Gasteiger partial charge >= 0.3 is 11.9 Å². The Hall–Kier alpha value is -9.28. The van der Waals surface area contributed by atoms with Crippen LogP contribution in [0.5, 0.6) is 5.75 Å². The van der Waals surface area contributed by atoms with Gasteiger partial charge in [0, 0.05) is 49.1 Å². The maximum Gasteiger partial charge on any atom is 0.327 e. The van der Waals surface area contributed by atoms with Crippen molar-refractivity contribution in [3.8, 4) is 5.75 Å². The summed E-state index contributed by atoms with van der Waals surface area (Å²) in [6, 6.07) is -17.3. The van der Waals surface area contributed by atoms with E-state index in [4.69, 9.17) is 17.2 Å². The molecule has 45 heteroatoms. The van der Waals surface area contributed by atoms with Gasteiger partial charge in [0.15, 0.2) is 0 Å². The molecule has 624 valence electrons. The fourth-order valence-electron chi connectivity index (χ4n) is 12.3. The van der Waals surface area contributed by atoms with Crippen LogP contribution in [0.15, 0.2) is 24.3 Å². The molecule has 1 aromatic rings. The van der Waals surface area contributed by atoms with Crippen LogP contribution in [0.3, 0.4) is 0 Å². The maximum absolute atomic E-state index is 14.5. The number of aliphatic hydroxyl groups excluding tert-OH is 2. The molecule has 0 aromatic heterocycles. The van der Waals surface area contributed by atoms with Crippen molar-refractivity contribution in [2.75, 3.05) is 68.9 Å². The fraction of sp³-hybridized carbons (Fsp3) is 0.642. The number of phenolic OH excluding ortho intramolecular Hbond substituents is 1. The average Bonchev–Trinajstić information content (AvgIpc) is 1.64. The smallest absolute Gasteiger partial charge is 0.327 e. The van der Waals surface area contributed by atoms with Gasteiger partial charge in [-0.3, -0.25) is 81.5 Å². The monoisotopic (exact) mass is 1660 g/mol. The summed E-state index contributed by atoms with van der Waals surface area (Å²) in [5, 5.41) is 78.4. The number of aromatic hydroxyl groups is 1. The zero-order chi connectivity index (χ0) is 83.8. The van der Waals surface area contributed by atoms with E-state index in [-0.39, 0.29) is 106 Å². The molecule has 0 aliphatic carbocycles. The first-order valence-electron chi connectivity index (χ1n) is 36.1. The van der Waals surface area contributed by atoms with Crippen molar-refractivity contribution in [1.29, 1.82) is 0 Å². The van der Waals surface area contributed by atoms with Gasteiger partial charge in [0.2, 0.25) is 94.5 Å². The van der Waals surface area contributed by atoms with E-state index in [1.165, 1.54) is 41.0 Å². The largest absolute Gasteiger partial charge is 0.508 e. The van der Waals surface area contributed by atoms with Crippen molar-refractivity contribution >= 4 is 157 Å². The zero-order valence-corrected chi connectivity index (χ0v) is 65.5. The minimum absolute atomic E-state index is 0.00509. The molecule has 0 spiro atoms. The Morgan fingerprint density at radius 3 is 1.36 bits per heavy atom. The molecule has 23 N–H and O–H groups in total. The normalized spacial score (nSPS) is 18.5. The first-order valence-corrected chi connectivity index (χ1v) is 38.7. The number of carbonyl (C=O) groups excluding carboxylic acids is 16. The Labute approximate surface area is 666 Å².